The lowest BCUT2D eigenvalue weighted by molar-refractivity contribution is 0.438. The Bertz CT molecular complexity index is 308. The van der Waals surface area contributed by atoms with E-state index in [4.69, 9.17) is 0 Å². The molecule has 1 atom stereocenters. The van der Waals surface area contributed by atoms with Gasteiger partial charge < -0.3 is 10.6 Å². The summed E-state index contributed by atoms with van der Waals surface area (Å²) in [6.45, 7) is 6.74. The van der Waals surface area contributed by atoms with Crippen molar-refractivity contribution in [1.29, 1.82) is 0 Å². The summed E-state index contributed by atoms with van der Waals surface area (Å²) in [5, 5.41) is 6.59. The molecule has 0 fully saturated rings. The highest BCUT2D eigenvalue weighted by atomic mass is 15.0. The molecule has 0 aromatic carbocycles. The third-order valence-electron chi connectivity index (χ3n) is 3.17. The zero-order valence-corrected chi connectivity index (χ0v) is 10.7. The van der Waals surface area contributed by atoms with Gasteiger partial charge in [-0.25, -0.2) is 4.98 Å². The molecule has 0 radical (unpaired) electrons. The van der Waals surface area contributed by atoms with E-state index >= 15 is 0 Å². The molecule has 0 aliphatic carbocycles. The Labute approximate surface area is 98.7 Å². The second-order valence-corrected chi connectivity index (χ2v) is 4.19. The predicted molar refractivity (Wildman–Crippen MR) is 70.9 cm³/mol. The molecule has 0 aliphatic heterocycles. The van der Waals surface area contributed by atoms with Crippen LogP contribution in [0.3, 0.4) is 0 Å². The summed E-state index contributed by atoms with van der Waals surface area (Å²) in [5.41, 5.74) is 1.14. The van der Waals surface area contributed by atoms with E-state index in [1.54, 1.807) is 0 Å². The second-order valence-electron chi connectivity index (χ2n) is 4.19. The number of hydrogen-bond acceptors (Lipinski definition) is 3. The molecule has 0 amide bonds. The monoisotopic (exact) mass is 221 g/mol. The highest BCUT2D eigenvalue weighted by molar-refractivity contribution is 5.52. The standard InChI is InChI=1S/C13H23N3/c1-5-11(6-2)10(3)16-12-7-8-15-13(9-12)14-4/h7-11H,5-6H2,1-4H3,(H2,14,15,16). The molecule has 3 nitrogen and oxygen atoms in total. The molecule has 3 heteroatoms. The molecule has 1 rings (SSSR count). The quantitative estimate of drug-likeness (QED) is 0.773. The Morgan fingerprint density at radius 1 is 1.31 bits per heavy atom. The molecule has 0 saturated heterocycles. The van der Waals surface area contributed by atoms with E-state index in [0.29, 0.717) is 6.04 Å². The lowest BCUT2D eigenvalue weighted by Crippen LogP contribution is -2.25. The van der Waals surface area contributed by atoms with Crippen molar-refractivity contribution in [2.75, 3.05) is 17.7 Å². The highest BCUT2D eigenvalue weighted by Crippen LogP contribution is 2.19. The van der Waals surface area contributed by atoms with Crippen molar-refractivity contribution in [2.45, 2.75) is 39.7 Å². The Morgan fingerprint density at radius 2 is 2.00 bits per heavy atom. The maximum absolute atomic E-state index is 4.20. The van der Waals surface area contributed by atoms with Crippen molar-refractivity contribution in [3.05, 3.63) is 18.3 Å². The maximum Gasteiger partial charge on any atom is 0.127 e. The third-order valence-corrected chi connectivity index (χ3v) is 3.17. The van der Waals surface area contributed by atoms with Crippen LogP contribution in [0.5, 0.6) is 0 Å². The normalized spacial score (nSPS) is 12.6. The van der Waals surface area contributed by atoms with Crippen molar-refractivity contribution in [3.63, 3.8) is 0 Å². The van der Waals surface area contributed by atoms with Gasteiger partial charge in [0.1, 0.15) is 5.82 Å². The van der Waals surface area contributed by atoms with Crippen LogP contribution in [0.2, 0.25) is 0 Å². The van der Waals surface area contributed by atoms with Crippen molar-refractivity contribution in [1.82, 2.24) is 4.98 Å². The molecule has 1 heterocycles. The first-order chi connectivity index (χ1) is 7.71. The van der Waals surface area contributed by atoms with Crippen LogP contribution >= 0.6 is 0 Å². The largest absolute Gasteiger partial charge is 0.382 e. The van der Waals surface area contributed by atoms with Gasteiger partial charge in [0.25, 0.3) is 0 Å². The molecule has 16 heavy (non-hydrogen) atoms. The van der Waals surface area contributed by atoms with E-state index in [-0.39, 0.29) is 0 Å². The molecule has 2 N–H and O–H groups in total. The second kappa shape index (κ2) is 6.36. The van der Waals surface area contributed by atoms with Crippen molar-refractivity contribution >= 4 is 11.5 Å². The Hall–Kier alpha value is -1.25. The maximum atomic E-state index is 4.20. The fourth-order valence-electron chi connectivity index (χ4n) is 2.03. The third kappa shape index (κ3) is 3.40. The van der Waals surface area contributed by atoms with Crippen LogP contribution in [0.15, 0.2) is 18.3 Å². The highest BCUT2D eigenvalue weighted by Gasteiger charge is 2.12. The van der Waals surface area contributed by atoms with Crippen molar-refractivity contribution < 1.29 is 0 Å². The average Bonchev–Trinajstić information content (AvgIpc) is 2.31. The van der Waals surface area contributed by atoms with Crippen LogP contribution in [0.25, 0.3) is 0 Å². The summed E-state index contributed by atoms with van der Waals surface area (Å²) in [6, 6.07) is 4.56. The van der Waals surface area contributed by atoms with E-state index in [2.05, 4.69) is 36.4 Å². The minimum absolute atomic E-state index is 0.502. The Balaban J connectivity index is 2.64. The molecule has 1 aromatic heterocycles. The summed E-state index contributed by atoms with van der Waals surface area (Å²) < 4.78 is 0. The van der Waals surface area contributed by atoms with Gasteiger partial charge in [-0.3, -0.25) is 0 Å². The lowest BCUT2D eigenvalue weighted by atomic mass is 9.95. The SMILES string of the molecule is CCC(CC)C(C)Nc1ccnc(NC)c1. The number of anilines is 2. The Morgan fingerprint density at radius 3 is 2.56 bits per heavy atom. The van der Waals surface area contributed by atoms with Crippen LogP contribution in [0.1, 0.15) is 33.6 Å². The molecule has 1 unspecified atom stereocenters. The molecule has 0 aliphatic rings. The minimum Gasteiger partial charge on any atom is -0.382 e. The van der Waals surface area contributed by atoms with Crippen LogP contribution in [-0.4, -0.2) is 18.1 Å². The van der Waals surface area contributed by atoms with Gasteiger partial charge in [-0.05, 0) is 18.9 Å². The lowest BCUT2D eigenvalue weighted by Gasteiger charge is -2.23. The first kappa shape index (κ1) is 12.8. The molecule has 0 bridgehead atoms. The molecular weight excluding hydrogens is 198 g/mol. The molecule has 0 saturated carbocycles. The topological polar surface area (TPSA) is 37.0 Å². The van der Waals surface area contributed by atoms with Crippen molar-refractivity contribution in [2.24, 2.45) is 5.92 Å². The summed E-state index contributed by atoms with van der Waals surface area (Å²) in [5.74, 6) is 1.63. The summed E-state index contributed by atoms with van der Waals surface area (Å²) in [4.78, 5) is 4.20. The van der Waals surface area contributed by atoms with E-state index in [1.165, 1.54) is 12.8 Å². The number of rotatable bonds is 6. The smallest absolute Gasteiger partial charge is 0.127 e. The van der Waals surface area contributed by atoms with Gasteiger partial charge in [0, 0.05) is 31.0 Å². The van der Waals surface area contributed by atoms with E-state index in [1.807, 2.05) is 25.4 Å². The molecule has 1 aromatic rings. The Kier molecular flexibility index (Phi) is 5.09. The van der Waals surface area contributed by atoms with Gasteiger partial charge in [-0.2, -0.15) is 0 Å². The van der Waals surface area contributed by atoms with E-state index < -0.39 is 0 Å². The van der Waals surface area contributed by atoms with Gasteiger partial charge >= 0.3 is 0 Å². The van der Waals surface area contributed by atoms with Crippen LogP contribution < -0.4 is 10.6 Å². The van der Waals surface area contributed by atoms with Gasteiger partial charge in [0.05, 0.1) is 0 Å². The van der Waals surface area contributed by atoms with Gasteiger partial charge in [-0.1, -0.05) is 26.7 Å². The first-order valence-corrected chi connectivity index (χ1v) is 6.11. The van der Waals surface area contributed by atoms with E-state index in [0.717, 1.165) is 17.4 Å². The molecular formula is C13H23N3. The fourth-order valence-corrected chi connectivity index (χ4v) is 2.03. The summed E-state index contributed by atoms with van der Waals surface area (Å²) in [7, 11) is 1.89. The van der Waals surface area contributed by atoms with Crippen LogP contribution in [0, 0.1) is 5.92 Å². The van der Waals surface area contributed by atoms with Gasteiger partial charge in [-0.15, -0.1) is 0 Å². The van der Waals surface area contributed by atoms with Crippen LogP contribution in [0.4, 0.5) is 11.5 Å². The minimum atomic E-state index is 0.502. The van der Waals surface area contributed by atoms with Crippen LogP contribution in [-0.2, 0) is 0 Å². The van der Waals surface area contributed by atoms with Crippen molar-refractivity contribution in [3.8, 4) is 0 Å². The number of nitrogens with one attached hydrogen (secondary N) is 2. The van der Waals surface area contributed by atoms with E-state index in [9.17, 15) is 0 Å². The number of aromatic nitrogens is 1. The van der Waals surface area contributed by atoms with Gasteiger partial charge in [0.2, 0.25) is 0 Å². The molecule has 90 valence electrons. The predicted octanol–water partition coefficient (Wildman–Crippen LogP) is 3.36. The average molecular weight is 221 g/mol. The first-order valence-electron chi connectivity index (χ1n) is 6.11. The summed E-state index contributed by atoms with van der Waals surface area (Å²) in [6.07, 6.45) is 4.26. The fraction of sp³-hybridized carbons (Fsp3) is 0.615. The number of pyridine rings is 1. The summed E-state index contributed by atoms with van der Waals surface area (Å²) >= 11 is 0. The van der Waals surface area contributed by atoms with Gasteiger partial charge in [0.15, 0.2) is 0 Å². The number of hydrogen-bond donors (Lipinski definition) is 2. The number of nitrogens with zero attached hydrogens (tertiary/aromatic N) is 1. The zero-order chi connectivity index (χ0) is 12.0. The molecule has 0 spiro atoms. The zero-order valence-electron chi connectivity index (χ0n) is 10.7.